The third-order valence-electron chi connectivity index (χ3n) is 7.43. The maximum Gasteiger partial charge on any atom is 0.344 e. The minimum atomic E-state index is -0.132. The van der Waals surface area contributed by atoms with Gasteiger partial charge in [-0.1, -0.05) is 12.1 Å². The van der Waals surface area contributed by atoms with Gasteiger partial charge in [0.25, 0.3) is 0 Å². The second kappa shape index (κ2) is 8.91. The minimum absolute atomic E-state index is 0.0772. The summed E-state index contributed by atoms with van der Waals surface area (Å²) < 4.78 is 6.79. The molecule has 1 spiro atoms. The summed E-state index contributed by atoms with van der Waals surface area (Å²) in [4.78, 5) is 31.2. The smallest absolute Gasteiger partial charge is 0.344 e. The van der Waals surface area contributed by atoms with Crippen molar-refractivity contribution in [2.75, 3.05) is 57.4 Å². The van der Waals surface area contributed by atoms with Gasteiger partial charge in [0.15, 0.2) is 5.78 Å². The summed E-state index contributed by atoms with van der Waals surface area (Å²) in [5, 5.41) is 4.10. The number of morpholine rings is 1. The lowest BCUT2D eigenvalue weighted by Gasteiger charge is -2.30. The number of hydrogen-bond donors (Lipinski definition) is 0. The summed E-state index contributed by atoms with van der Waals surface area (Å²) in [5.74, 6) is -0.0772. The Bertz CT molecular complexity index is 1040. The van der Waals surface area contributed by atoms with Gasteiger partial charge in [0, 0.05) is 56.6 Å². The Kier molecular flexibility index (Phi) is 5.97. The van der Waals surface area contributed by atoms with Crippen LogP contribution in [0.3, 0.4) is 0 Å². The number of likely N-dealkylation sites (tertiary alicyclic amines) is 2. The number of Topliss-reactive ketones (excluding diaryl/α,β-unsaturated/α-hetero) is 1. The second-order valence-corrected chi connectivity index (χ2v) is 9.86. The third-order valence-corrected chi connectivity index (χ3v) is 7.43. The molecule has 4 heterocycles. The van der Waals surface area contributed by atoms with E-state index in [1.165, 1.54) is 34.6 Å². The van der Waals surface area contributed by atoms with Gasteiger partial charge in [-0.05, 0) is 50.4 Å². The Morgan fingerprint density at radius 3 is 2.61 bits per heavy atom. The molecule has 0 N–H and O–H groups in total. The first kappa shape index (κ1) is 22.1. The second-order valence-electron chi connectivity index (χ2n) is 9.86. The molecule has 8 heteroatoms. The van der Waals surface area contributed by atoms with Crippen molar-refractivity contribution >= 4 is 17.5 Å². The number of aromatic nitrogens is 2. The van der Waals surface area contributed by atoms with Crippen LogP contribution in [-0.2, 0) is 11.3 Å². The lowest BCUT2D eigenvalue weighted by Crippen LogP contribution is -2.36. The molecule has 1 atom stereocenters. The summed E-state index contributed by atoms with van der Waals surface area (Å²) in [6.07, 6.45) is 5.14. The molecule has 0 radical (unpaired) electrons. The quantitative estimate of drug-likeness (QED) is 0.666. The molecule has 8 nitrogen and oxygen atoms in total. The molecule has 3 aliphatic heterocycles. The zero-order valence-electron chi connectivity index (χ0n) is 19.6. The average Bonchev–Trinajstić information content (AvgIpc) is 3.55. The van der Waals surface area contributed by atoms with Crippen molar-refractivity contribution in [3.05, 3.63) is 47.3 Å². The molecule has 3 fully saturated rings. The SMILES string of the molecule is CC(=O)c1cnn(C(=O)N2CCC3(CCN(Cc4ccc(N5CCOCC5)c(C)c4)C3)C2)c1. The van der Waals surface area contributed by atoms with E-state index in [9.17, 15) is 9.59 Å². The average molecular weight is 452 g/mol. The van der Waals surface area contributed by atoms with Gasteiger partial charge in [-0.2, -0.15) is 9.78 Å². The number of carbonyl (C=O) groups excluding carboxylic acids is 2. The highest BCUT2D eigenvalue weighted by molar-refractivity contribution is 5.94. The first-order valence-electron chi connectivity index (χ1n) is 11.9. The maximum atomic E-state index is 12.9. The van der Waals surface area contributed by atoms with Crippen LogP contribution in [0.25, 0.3) is 0 Å². The van der Waals surface area contributed by atoms with Crippen molar-refractivity contribution < 1.29 is 14.3 Å². The van der Waals surface area contributed by atoms with E-state index in [-0.39, 0.29) is 17.2 Å². The maximum absolute atomic E-state index is 12.9. The van der Waals surface area contributed by atoms with Crippen molar-refractivity contribution in [2.45, 2.75) is 33.2 Å². The molecule has 1 aromatic heterocycles. The molecule has 1 aromatic carbocycles. The number of rotatable bonds is 4. The Labute approximate surface area is 195 Å². The molecular formula is C25H33N5O3. The van der Waals surface area contributed by atoms with Gasteiger partial charge in [-0.3, -0.25) is 9.69 Å². The largest absolute Gasteiger partial charge is 0.378 e. The van der Waals surface area contributed by atoms with E-state index in [2.05, 4.69) is 40.0 Å². The van der Waals surface area contributed by atoms with Gasteiger partial charge in [-0.15, -0.1) is 0 Å². The van der Waals surface area contributed by atoms with Crippen molar-refractivity contribution in [3.63, 3.8) is 0 Å². The molecule has 3 aliphatic rings. The third kappa shape index (κ3) is 4.54. The Morgan fingerprint density at radius 2 is 1.88 bits per heavy atom. The van der Waals surface area contributed by atoms with E-state index < -0.39 is 0 Å². The highest BCUT2D eigenvalue weighted by atomic mass is 16.5. The van der Waals surface area contributed by atoms with Gasteiger partial charge in [0.05, 0.1) is 25.0 Å². The van der Waals surface area contributed by atoms with Crippen molar-refractivity contribution in [2.24, 2.45) is 5.41 Å². The first-order valence-corrected chi connectivity index (χ1v) is 11.9. The number of amides is 1. The van der Waals surface area contributed by atoms with Gasteiger partial charge in [0.1, 0.15) is 0 Å². The summed E-state index contributed by atoms with van der Waals surface area (Å²) in [7, 11) is 0. The summed E-state index contributed by atoms with van der Waals surface area (Å²) in [5.41, 5.74) is 4.62. The van der Waals surface area contributed by atoms with Crippen molar-refractivity contribution in [1.82, 2.24) is 19.6 Å². The van der Waals surface area contributed by atoms with Crippen LogP contribution in [0.5, 0.6) is 0 Å². The zero-order chi connectivity index (χ0) is 23.0. The number of nitrogens with zero attached hydrogens (tertiary/aromatic N) is 5. The number of benzene rings is 1. The van der Waals surface area contributed by atoms with Crippen LogP contribution in [-0.4, -0.2) is 83.9 Å². The summed E-state index contributed by atoms with van der Waals surface area (Å²) in [6, 6.07) is 6.71. The van der Waals surface area contributed by atoms with Gasteiger partial charge < -0.3 is 14.5 Å². The van der Waals surface area contributed by atoms with Crippen molar-refractivity contribution in [3.8, 4) is 0 Å². The van der Waals surface area contributed by atoms with E-state index in [4.69, 9.17) is 4.74 Å². The van der Waals surface area contributed by atoms with Gasteiger partial charge in [0.2, 0.25) is 0 Å². The fourth-order valence-electron chi connectivity index (χ4n) is 5.58. The molecule has 2 aromatic rings. The molecule has 0 saturated carbocycles. The standard InChI is InChI=1S/C25H33N5O3/c1-19-13-21(3-4-23(19)28-9-11-33-12-10-28)15-27-7-5-25(17-27)6-8-29(18-25)24(32)30-16-22(14-26-30)20(2)31/h3-4,13-14,16H,5-12,15,17-18H2,1-2H3. The lowest BCUT2D eigenvalue weighted by atomic mass is 9.86. The van der Waals surface area contributed by atoms with Crippen LogP contribution in [0.1, 0.15) is 41.3 Å². The summed E-state index contributed by atoms with van der Waals surface area (Å²) in [6.45, 7) is 11.7. The van der Waals surface area contributed by atoms with Crippen LogP contribution in [0.4, 0.5) is 10.5 Å². The fourth-order valence-corrected chi connectivity index (χ4v) is 5.58. The topological polar surface area (TPSA) is 70.9 Å². The Hall–Kier alpha value is -2.71. The van der Waals surface area contributed by atoms with Gasteiger partial charge >= 0.3 is 6.03 Å². The molecule has 1 amide bonds. The first-order chi connectivity index (χ1) is 15.9. The highest BCUT2D eigenvalue weighted by Gasteiger charge is 2.45. The number of ketones is 1. The fraction of sp³-hybridized carbons (Fsp3) is 0.560. The predicted octanol–water partition coefficient (Wildman–Crippen LogP) is 2.80. The molecule has 1 unspecified atom stereocenters. The monoisotopic (exact) mass is 451 g/mol. The minimum Gasteiger partial charge on any atom is -0.378 e. The van der Waals surface area contributed by atoms with Gasteiger partial charge in [-0.25, -0.2) is 4.79 Å². The molecule has 0 bridgehead atoms. The number of ether oxygens (including phenoxy) is 1. The van der Waals surface area contributed by atoms with Crippen LogP contribution in [0.15, 0.2) is 30.6 Å². The van der Waals surface area contributed by atoms with Crippen LogP contribution in [0.2, 0.25) is 0 Å². The normalized spacial score (nSPS) is 23.6. The molecule has 0 aliphatic carbocycles. The number of hydrogen-bond acceptors (Lipinski definition) is 6. The molecule has 3 saturated heterocycles. The number of carbonyl (C=O) groups is 2. The van der Waals surface area contributed by atoms with E-state index >= 15 is 0 Å². The predicted molar refractivity (Wildman–Crippen MR) is 126 cm³/mol. The summed E-state index contributed by atoms with van der Waals surface area (Å²) >= 11 is 0. The van der Waals surface area contributed by atoms with E-state index in [0.717, 1.165) is 71.9 Å². The molecular weight excluding hydrogens is 418 g/mol. The highest BCUT2D eigenvalue weighted by Crippen LogP contribution is 2.40. The molecule has 33 heavy (non-hydrogen) atoms. The van der Waals surface area contributed by atoms with E-state index in [0.29, 0.717) is 5.56 Å². The lowest BCUT2D eigenvalue weighted by molar-refractivity contribution is 0.101. The molecule has 176 valence electrons. The Balaban J connectivity index is 1.19. The van der Waals surface area contributed by atoms with E-state index in [1.807, 2.05) is 4.90 Å². The van der Waals surface area contributed by atoms with Crippen molar-refractivity contribution in [1.29, 1.82) is 0 Å². The number of aryl methyl sites for hydroxylation is 1. The van der Waals surface area contributed by atoms with Crippen LogP contribution in [0, 0.1) is 12.3 Å². The molecule has 5 rings (SSSR count). The van der Waals surface area contributed by atoms with Crippen LogP contribution >= 0.6 is 0 Å². The van der Waals surface area contributed by atoms with E-state index in [1.54, 1.807) is 6.20 Å². The van der Waals surface area contributed by atoms with Crippen LogP contribution < -0.4 is 4.90 Å². The number of anilines is 1. The zero-order valence-corrected chi connectivity index (χ0v) is 19.6. The Morgan fingerprint density at radius 1 is 1.09 bits per heavy atom.